The molecule has 0 radical (unpaired) electrons. The second-order valence-corrected chi connectivity index (χ2v) is 9.08. The third-order valence-corrected chi connectivity index (χ3v) is 7.31. The molecule has 1 rings (SSSR count). The van der Waals surface area contributed by atoms with Crippen LogP contribution < -0.4 is 37.2 Å². The van der Waals surface area contributed by atoms with Gasteiger partial charge in [-0.2, -0.15) is 0 Å². The van der Waals surface area contributed by atoms with E-state index in [1.54, 1.807) is 0 Å². The summed E-state index contributed by atoms with van der Waals surface area (Å²) in [6, 6.07) is 2.64. The summed E-state index contributed by atoms with van der Waals surface area (Å²) >= 11 is 2.29. The van der Waals surface area contributed by atoms with Crippen molar-refractivity contribution in [3.05, 3.63) is 0 Å². The molecule has 1 heterocycles. The van der Waals surface area contributed by atoms with Crippen molar-refractivity contribution in [2.75, 3.05) is 47.3 Å². The summed E-state index contributed by atoms with van der Waals surface area (Å²) < 4.78 is 2.55. The van der Waals surface area contributed by atoms with E-state index in [9.17, 15) is 0 Å². The van der Waals surface area contributed by atoms with Crippen molar-refractivity contribution in [2.45, 2.75) is 77.5 Å². The molecule has 0 spiro atoms. The zero-order valence-corrected chi connectivity index (χ0v) is 22.2. The fourth-order valence-corrected chi connectivity index (χ4v) is 3.60. The minimum absolute atomic E-state index is 0. The molecular weight excluding hydrogens is 438 g/mol. The van der Waals surface area contributed by atoms with E-state index >= 15 is 0 Å². The molecule has 1 aliphatic rings. The Morgan fingerprint density at radius 2 is 0.778 bits per heavy atom. The average molecular weight is 480 g/mol. The second kappa shape index (κ2) is 17.1. The third-order valence-electron chi connectivity index (χ3n) is 6.28. The summed E-state index contributed by atoms with van der Waals surface area (Å²) in [5, 5.41) is 0. The SMILES string of the molecule is CC1CCN(C)C(C)CC[N]([Ti+3])C(C)CCN(C)C(C)CCN1C.[Cl-].[Cl-].[Cl-]. The molecule has 0 aliphatic carbocycles. The van der Waals surface area contributed by atoms with Gasteiger partial charge < -0.3 is 37.2 Å². The van der Waals surface area contributed by atoms with Crippen LogP contribution in [0.2, 0.25) is 0 Å². The van der Waals surface area contributed by atoms with Crippen molar-refractivity contribution in [3.63, 3.8) is 0 Å². The van der Waals surface area contributed by atoms with Gasteiger partial charge in [0.2, 0.25) is 0 Å². The third kappa shape index (κ3) is 12.7. The quantitative estimate of drug-likeness (QED) is 0.321. The van der Waals surface area contributed by atoms with Gasteiger partial charge in [-0.3, -0.25) is 0 Å². The first kappa shape index (κ1) is 33.1. The van der Waals surface area contributed by atoms with Gasteiger partial charge in [0.1, 0.15) is 0 Å². The maximum atomic E-state index is 2.55. The van der Waals surface area contributed by atoms with Crippen LogP contribution in [0, 0.1) is 0 Å². The van der Waals surface area contributed by atoms with Crippen LogP contribution in [0.5, 0.6) is 0 Å². The molecule has 4 unspecified atom stereocenters. The predicted molar refractivity (Wildman–Crippen MR) is 101 cm³/mol. The number of nitrogens with zero attached hydrogens (tertiary/aromatic N) is 4. The Labute approximate surface area is 200 Å². The average Bonchev–Trinajstić information content (AvgIpc) is 2.57. The van der Waals surface area contributed by atoms with Crippen molar-refractivity contribution in [1.29, 1.82) is 0 Å². The molecule has 0 aromatic carbocycles. The molecular formula is C19H41Cl3N4Ti. The van der Waals surface area contributed by atoms with Crippen LogP contribution in [0.3, 0.4) is 0 Å². The Kier molecular flexibility index (Phi) is 21.0. The molecule has 0 aromatic heterocycles. The summed E-state index contributed by atoms with van der Waals surface area (Å²) in [6.07, 6.45) is 5.03. The summed E-state index contributed by atoms with van der Waals surface area (Å²) in [6.45, 7) is 14.3. The Hall–Kier alpha value is 1.42. The first-order valence-electron chi connectivity index (χ1n) is 9.81. The number of hydrogen-bond donors (Lipinski definition) is 0. The van der Waals surface area contributed by atoms with Gasteiger partial charge in [-0.1, -0.05) is 0 Å². The maximum Gasteiger partial charge on any atom is -1.00 e. The minimum Gasteiger partial charge on any atom is -1.00 e. The van der Waals surface area contributed by atoms with Gasteiger partial charge in [0.05, 0.1) is 0 Å². The Bertz CT molecular complexity index is 259. The summed E-state index contributed by atoms with van der Waals surface area (Å²) in [5.74, 6) is 0. The molecule has 27 heavy (non-hydrogen) atoms. The van der Waals surface area contributed by atoms with Crippen LogP contribution in [0.15, 0.2) is 0 Å². The largest absolute Gasteiger partial charge is 1.00 e. The van der Waals surface area contributed by atoms with E-state index in [-0.39, 0.29) is 37.2 Å². The van der Waals surface area contributed by atoms with E-state index in [4.69, 9.17) is 0 Å². The normalized spacial score (nSPS) is 32.0. The molecule has 8 heteroatoms. The summed E-state index contributed by atoms with van der Waals surface area (Å²) in [7, 11) is 6.88. The van der Waals surface area contributed by atoms with E-state index in [2.05, 4.69) is 87.6 Å². The van der Waals surface area contributed by atoms with Crippen LogP contribution in [-0.4, -0.2) is 89.6 Å². The standard InChI is InChI=1S/C19H41N4.3ClH.Ti/c1-16-9-13-21(5)18(3)11-15-23(7)19(4)10-14-22(6)17(2)8-12-20-16;;;;/h16-19H,8-15H2,1-7H3;3*1H;/q-1;;;;+4/p-3. The smallest absolute Gasteiger partial charge is 1.00 e. The van der Waals surface area contributed by atoms with E-state index < -0.39 is 0 Å². The molecule has 0 amide bonds. The van der Waals surface area contributed by atoms with Gasteiger partial charge in [-0.05, 0) is 0 Å². The Balaban J connectivity index is -0.00000192. The van der Waals surface area contributed by atoms with E-state index in [0.717, 1.165) is 0 Å². The van der Waals surface area contributed by atoms with Crippen molar-refractivity contribution >= 4 is 0 Å². The minimum atomic E-state index is 0. The number of hydrogen-bond acceptors (Lipinski definition) is 4. The van der Waals surface area contributed by atoms with E-state index in [1.807, 2.05) is 0 Å². The molecule has 0 aromatic rings. The van der Waals surface area contributed by atoms with Crippen LogP contribution in [-0.2, 0) is 20.7 Å². The van der Waals surface area contributed by atoms with Gasteiger partial charge in [-0.15, -0.1) is 0 Å². The van der Waals surface area contributed by atoms with Gasteiger partial charge in [0, 0.05) is 0 Å². The molecule has 0 bridgehead atoms. The van der Waals surface area contributed by atoms with Crippen LogP contribution in [0.4, 0.5) is 0 Å². The zero-order valence-electron chi connectivity index (χ0n) is 18.4. The number of halogens is 3. The molecule has 162 valence electrons. The maximum absolute atomic E-state index is 2.55. The Morgan fingerprint density at radius 1 is 0.519 bits per heavy atom. The van der Waals surface area contributed by atoms with E-state index in [0.29, 0.717) is 24.2 Å². The van der Waals surface area contributed by atoms with Gasteiger partial charge in [0.25, 0.3) is 0 Å². The molecule has 4 nitrogen and oxygen atoms in total. The van der Waals surface area contributed by atoms with Crippen LogP contribution in [0.25, 0.3) is 0 Å². The van der Waals surface area contributed by atoms with Gasteiger partial charge >= 0.3 is 164 Å². The van der Waals surface area contributed by atoms with Crippen LogP contribution in [0.1, 0.15) is 53.4 Å². The summed E-state index contributed by atoms with van der Waals surface area (Å²) in [5.41, 5.74) is 0. The summed E-state index contributed by atoms with van der Waals surface area (Å²) in [4.78, 5) is 7.64. The van der Waals surface area contributed by atoms with E-state index in [1.165, 1.54) is 51.9 Å². The Morgan fingerprint density at radius 3 is 1.11 bits per heavy atom. The predicted octanol–water partition coefficient (Wildman–Crippen LogP) is -6.31. The molecule has 1 saturated heterocycles. The fraction of sp³-hybridized carbons (Fsp3) is 1.00. The molecule has 0 saturated carbocycles. The van der Waals surface area contributed by atoms with Crippen molar-refractivity contribution < 1.29 is 57.9 Å². The molecule has 4 atom stereocenters. The van der Waals surface area contributed by atoms with Crippen molar-refractivity contribution in [1.82, 2.24) is 18.1 Å². The van der Waals surface area contributed by atoms with Crippen molar-refractivity contribution in [2.24, 2.45) is 0 Å². The molecule has 1 aliphatic heterocycles. The monoisotopic (exact) mass is 478 g/mol. The zero-order chi connectivity index (χ0) is 18.3. The van der Waals surface area contributed by atoms with Crippen molar-refractivity contribution in [3.8, 4) is 0 Å². The van der Waals surface area contributed by atoms with Crippen LogP contribution >= 0.6 is 0 Å². The molecule has 1 fully saturated rings. The van der Waals surface area contributed by atoms with Gasteiger partial charge in [-0.25, -0.2) is 0 Å². The fourth-order valence-electron chi connectivity index (χ4n) is 3.20. The molecule has 0 N–H and O–H groups in total. The number of rotatable bonds is 0. The topological polar surface area (TPSA) is 13.0 Å². The van der Waals surface area contributed by atoms with Gasteiger partial charge in [0.15, 0.2) is 0 Å². The first-order chi connectivity index (χ1) is 11.2. The second-order valence-electron chi connectivity index (χ2n) is 8.19. The first-order valence-corrected chi connectivity index (χ1v) is 10.5.